The van der Waals surface area contributed by atoms with E-state index in [-0.39, 0.29) is 31.6 Å². The highest BCUT2D eigenvalue weighted by Gasteiger charge is 2.17. The normalized spacial score (nSPS) is 13.8. The smallest absolute Gasteiger partial charge is 0.306 e. The first-order valence-corrected chi connectivity index (χ1v) is 28.6. The van der Waals surface area contributed by atoms with E-state index in [4.69, 9.17) is 14.2 Å². The second-order valence-corrected chi connectivity index (χ2v) is 17.7. The van der Waals surface area contributed by atoms with Gasteiger partial charge in [-0.3, -0.25) is 9.59 Å². The van der Waals surface area contributed by atoms with E-state index in [1.54, 1.807) is 0 Å². The van der Waals surface area contributed by atoms with Crippen LogP contribution in [0.15, 0.2) is 207 Å². The third-order valence-corrected chi connectivity index (χ3v) is 10.8. The van der Waals surface area contributed by atoms with E-state index in [1.165, 1.54) is 0 Å². The van der Waals surface area contributed by atoms with Gasteiger partial charge in [0.15, 0.2) is 6.10 Å². The minimum atomic E-state index is -0.635. The van der Waals surface area contributed by atoms with Crippen molar-refractivity contribution in [3.8, 4) is 0 Å². The first kappa shape index (κ1) is 68.5. The number of hydrogen-bond donors (Lipinski definition) is 0. The van der Waals surface area contributed by atoms with Crippen molar-refractivity contribution in [3.63, 3.8) is 0 Å². The summed E-state index contributed by atoms with van der Waals surface area (Å²) in [5.41, 5.74) is 0. The quantitative estimate of drug-likeness (QED) is 0.0345. The second-order valence-electron chi connectivity index (χ2n) is 17.7. The summed E-state index contributed by atoms with van der Waals surface area (Å²) in [7, 11) is 0. The number of rotatable bonds is 49. The number of carbonyl (C=O) groups is 2. The van der Waals surface area contributed by atoms with Gasteiger partial charge in [-0.15, -0.1) is 0 Å². The lowest BCUT2D eigenvalue weighted by atomic mass is 10.1. The average molecular weight is 1010 g/mol. The molecule has 0 spiro atoms. The number of hydrogen-bond acceptors (Lipinski definition) is 5. The summed E-state index contributed by atoms with van der Waals surface area (Å²) >= 11 is 0. The molecule has 5 heteroatoms. The molecule has 74 heavy (non-hydrogen) atoms. The summed E-state index contributed by atoms with van der Waals surface area (Å²) < 4.78 is 17.3. The maximum atomic E-state index is 12.9. The molecule has 5 nitrogen and oxygen atoms in total. The van der Waals surface area contributed by atoms with Crippen molar-refractivity contribution in [3.05, 3.63) is 207 Å². The molecule has 0 radical (unpaired) electrons. The standard InChI is InChI=1S/C69H102O5/c1-4-7-10-13-16-19-22-25-28-31-34-37-40-43-46-49-52-55-58-61-64-72-65-67(74-69(71)63-60-57-54-51-48-45-42-39-36-33-30-27-24-21-18-15-12-9-6-3)66-73-68(70)62-59-56-53-50-47-44-41-38-35-32-29-26-23-20-17-14-11-8-5-2/h7-12,16-21,25-30,34-39,43-48,52-53,55-56,67H,4-6,13-15,22-24,31-33,40-42,49-51,54,57-66H2,1-3H3/b10-7-,11-8-,12-9-,19-16-,20-17-,21-18-,28-25-,29-26-,30-27-,37-34-,38-35-,39-36-,46-43-,47-44-,48-45-,55-52-,56-53-. The number of unbranched alkanes of at least 4 members (excludes halogenated alkanes) is 4. The third-order valence-electron chi connectivity index (χ3n) is 10.8. The van der Waals surface area contributed by atoms with Crippen molar-refractivity contribution in [1.82, 2.24) is 0 Å². The van der Waals surface area contributed by atoms with E-state index in [9.17, 15) is 9.59 Å². The molecule has 0 rings (SSSR count). The summed E-state index contributed by atoms with van der Waals surface area (Å²) in [6, 6.07) is 0. The summed E-state index contributed by atoms with van der Waals surface area (Å²) in [6.07, 6.45) is 97.3. The zero-order valence-electron chi connectivity index (χ0n) is 46.8. The average Bonchev–Trinajstić information content (AvgIpc) is 3.40. The van der Waals surface area contributed by atoms with Crippen LogP contribution in [-0.4, -0.2) is 37.9 Å². The highest BCUT2D eigenvalue weighted by atomic mass is 16.6. The summed E-state index contributed by atoms with van der Waals surface area (Å²) in [5.74, 6) is -0.584. The fourth-order valence-corrected chi connectivity index (χ4v) is 6.69. The van der Waals surface area contributed by atoms with E-state index in [0.717, 1.165) is 148 Å². The fourth-order valence-electron chi connectivity index (χ4n) is 6.69. The van der Waals surface area contributed by atoms with Crippen LogP contribution in [-0.2, 0) is 23.8 Å². The van der Waals surface area contributed by atoms with Crippen LogP contribution < -0.4 is 0 Å². The Kier molecular flexibility index (Phi) is 57.2. The molecule has 1 atom stereocenters. The van der Waals surface area contributed by atoms with Gasteiger partial charge in [-0.25, -0.2) is 0 Å². The van der Waals surface area contributed by atoms with Crippen LogP contribution in [0.3, 0.4) is 0 Å². The zero-order chi connectivity index (χ0) is 53.4. The molecular weight excluding hydrogens is 909 g/mol. The fraction of sp³-hybridized carbons (Fsp3) is 0.478. The molecule has 0 bridgehead atoms. The molecule has 0 aliphatic rings. The number of ether oxygens (including phenoxy) is 3. The van der Waals surface area contributed by atoms with E-state index < -0.39 is 6.10 Å². The number of carbonyl (C=O) groups excluding carboxylic acids is 2. The molecule has 0 aromatic heterocycles. The lowest BCUT2D eigenvalue weighted by Crippen LogP contribution is -2.30. The predicted octanol–water partition coefficient (Wildman–Crippen LogP) is 20.1. The molecule has 0 aromatic rings. The van der Waals surface area contributed by atoms with Gasteiger partial charge in [0.2, 0.25) is 0 Å². The summed E-state index contributed by atoms with van der Waals surface area (Å²) in [5, 5.41) is 0. The summed E-state index contributed by atoms with van der Waals surface area (Å²) in [4.78, 5) is 25.5. The van der Waals surface area contributed by atoms with Gasteiger partial charge in [0.05, 0.1) is 6.61 Å². The van der Waals surface area contributed by atoms with Crippen LogP contribution in [0.25, 0.3) is 0 Å². The molecule has 0 aliphatic carbocycles. The number of esters is 2. The van der Waals surface area contributed by atoms with Crippen LogP contribution in [0.5, 0.6) is 0 Å². The van der Waals surface area contributed by atoms with Crippen LogP contribution in [0, 0.1) is 0 Å². The molecular formula is C69H102O5. The molecule has 408 valence electrons. The maximum Gasteiger partial charge on any atom is 0.306 e. The van der Waals surface area contributed by atoms with Crippen LogP contribution in [0.1, 0.15) is 188 Å². The highest BCUT2D eigenvalue weighted by Crippen LogP contribution is 2.09. The molecule has 0 saturated carbocycles. The Labute approximate surface area is 453 Å². The van der Waals surface area contributed by atoms with E-state index in [2.05, 4.69) is 221 Å². The molecule has 0 N–H and O–H groups in total. The maximum absolute atomic E-state index is 12.9. The Morgan fingerprint density at radius 1 is 0.297 bits per heavy atom. The SMILES string of the molecule is CC/C=C\C/C=C\C/C=C\C/C=C\C/C=C\C/C=C\CCCOCC(COC(=O)CC/C=C\C/C=C\C/C=C\C/C=C\C/C=C\C/C=C\CC)OC(=O)CCCCC/C=C\C/C=C\C/C=C\C/C=C\C/C=C\CC. The van der Waals surface area contributed by atoms with Crippen molar-refractivity contribution in [1.29, 1.82) is 0 Å². The van der Waals surface area contributed by atoms with Crippen LogP contribution >= 0.6 is 0 Å². The Morgan fingerprint density at radius 2 is 0.595 bits per heavy atom. The molecule has 0 aromatic carbocycles. The van der Waals surface area contributed by atoms with Crippen molar-refractivity contribution in [2.75, 3.05) is 19.8 Å². The predicted molar refractivity (Wildman–Crippen MR) is 324 cm³/mol. The monoisotopic (exact) mass is 1010 g/mol. The van der Waals surface area contributed by atoms with E-state index in [1.807, 2.05) is 6.08 Å². The Bertz CT molecular complexity index is 1810. The lowest BCUT2D eigenvalue weighted by molar-refractivity contribution is -0.162. The first-order chi connectivity index (χ1) is 36.6. The molecule has 0 aliphatic heterocycles. The van der Waals surface area contributed by atoms with E-state index in [0.29, 0.717) is 19.4 Å². The van der Waals surface area contributed by atoms with Crippen molar-refractivity contribution in [2.24, 2.45) is 0 Å². The number of allylic oxidation sites excluding steroid dienone is 34. The molecule has 0 heterocycles. The molecule has 1 unspecified atom stereocenters. The van der Waals surface area contributed by atoms with Gasteiger partial charge in [0.1, 0.15) is 6.61 Å². The topological polar surface area (TPSA) is 61.8 Å². The van der Waals surface area contributed by atoms with Gasteiger partial charge in [-0.1, -0.05) is 234 Å². The minimum Gasteiger partial charge on any atom is -0.462 e. The first-order valence-electron chi connectivity index (χ1n) is 28.6. The molecule has 0 saturated heterocycles. The van der Waals surface area contributed by atoms with Gasteiger partial charge in [-0.05, 0) is 148 Å². The van der Waals surface area contributed by atoms with E-state index >= 15 is 0 Å². The summed E-state index contributed by atoms with van der Waals surface area (Å²) in [6.45, 7) is 7.18. The minimum absolute atomic E-state index is 0.00839. The molecule has 0 amide bonds. The van der Waals surface area contributed by atoms with Gasteiger partial charge in [0, 0.05) is 19.4 Å². The van der Waals surface area contributed by atoms with Gasteiger partial charge in [-0.2, -0.15) is 0 Å². The Balaban J connectivity index is 4.63. The van der Waals surface area contributed by atoms with Crippen molar-refractivity contribution in [2.45, 2.75) is 194 Å². The van der Waals surface area contributed by atoms with Crippen LogP contribution in [0.2, 0.25) is 0 Å². The van der Waals surface area contributed by atoms with Gasteiger partial charge < -0.3 is 14.2 Å². The highest BCUT2D eigenvalue weighted by molar-refractivity contribution is 5.70. The van der Waals surface area contributed by atoms with Crippen molar-refractivity contribution < 1.29 is 23.8 Å². The van der Waals surface area contributed by atoms with Crippen LogP contribution in [0.4, 0.5) is 0 Å². The lowest BCUT2D eigenvalue weighted by Gasteiger charge is -2.18. The molecule has 0 fully saturated rings. The Hall–Kier alpha value is -5.52. The second kappa shape index (κ2) is 61.8. The third kappa shape index (κ3) is 59.0. The van der Waals surface area contributed by atoms with Gasteiger partial charge >= 0.3 is 11.9 Å². The Morgan fingerprint density at radius 3 is 0.932 bits per heavy atom. The van der Waals surface area contributed by atoms with Gasteiger partial charge in [0.25, 0.3) is 0 Å². The largest absolute Gasteiger partial charge is 0.462 e. The van der Waals surface area contributed by atoms with Crippen molar-refractivity contribution >= 4 is 11.9 Å². The zero-order valence-corrected chi connectivity index (χ0v) is 46.8.